The molecule has 4 N–H and O–H groups in total. The number of benzene rings is 5. The monoisotopic (exact) mass is 1300 g/mol. The minimum atomic E-state index is -0.303. The molecule has 0 unspecified atom stereocenters. The molecule has 11 aromatic rings. The SMILES string of the molecule is Cc1cn2c(NCc3c(F)ccc4c3CCO4)ncc(-c3ccc([C@@H]4CCCN4)cc3)c2n1.[C-]#[N+]c1cn2c(NCc3c(F)ccc4c3CCO4)ncc(-c3cccc(CCN(C)C)c3)c2n1.[C-]#[N+]c1cn2c(NCc3c(F)ccc4c3CCO4)ncc(C3=CC(=O)CC=C3)c2n1. The molecule has 23 heteroatoms. The van der Waals surface area contributed by atoms with Crippen LogP contribution in [0.4, 0.5) is 42.7 Å². The molecule has 1 fully saturated rings. The summed E-state index contributed by atoms with van der Waals surface area (Å²) in [6.07, 6.45) is 21.4. The first kappa shape index (κ1) is 63.0. The minimum Gasteiger partial charge on any atom is -0.493 e. The molecule has 0 bridgehead atoms. The predicted octanol–water partition coefficient (Wildman–Crippen LogP) is 13.4. The Kier molecular flexibility index (Phi) is 17.9. The number of hydrogen-bond acceptors (Lipinski definition) is 15. The molecule has 10 heterocycles. The van der Waals surface area contributed by atoms with Gasteiger partial charge in [-0.1, -0.05) is 83.8 Å². The zero-order chi connectivity index (χ0) is 66.7. The molecule has 1 atom stereocenters. The fourth-order valence-electron chi connectivity index (χ4n) is 13.0. The van der Waals surface area contributed by atoms with Crippen LogP contribution in [0, 0.1) is 37.5 Å². The lowest BCUT2D eigenvalue weighted by Crippen LogP contribution is -2.15. The molecular formula is C74H67F3N16O4. The van der Waals surface area contributed by atoms with Gasteiger partial charge in [0.25, 0.3) is 11.6 Å². The summed E-state index contributed by atoms with van der Waals surface area (Å²) in [6.45, 7) is 21.3. The average Bonchev–Trinajstić information content (AvgIpc) is 1.71. The number of ether oxygens (including phenoxy) is 3. The lowest BCUT2D eigenvalue weighted by atomic mass is 10.0. The van der Waals surface area contributed by atoms with E-state index in [2.05, 4.69) is 111 Å². The number of nitrogens with zero attached hydrogens (tertiary/aromatic N) is 12. The Labute approximate surface area is 557 Å². The van der Waals surface area contributed by atoms with Crippen LogP contribution < -0.4 is 35.5 Å². The molecule has 20 nitrogen and oxygen atoms in total. The van der Waals surface area contributed by atoms with Gasteiger partial charge in [0, 0.05) is 134 Å². The number of imidazole rings is 3. The van der Waals surface area contributed by atoms with Gasteiger partial charge < -0.3 is 50.1 Å². The van der Waals surface area contributed by atoms with Crippen LogP contribution in [0.5, 0.6) is 17.2 Å². The summed E-state index contributed by atoms with van der Waals surface area (Å²) < 4.78 is 65.7. The number of allylic oxidation sites excluding steroid dienone is 4. The third kappa shape index (κ3) is 13.1. The highest BCUT2D eigenvalue weighted by atomic mass is 19.1. The number of likely N-dealkylation sites (N-methyl/N-ethyl adjacent to an activating group) is 1. The van der Waals surface area contributed by atoms with Crippen LogP contribution >= 0.6 is 0 Å². The van der Waals surface area contributed by atoms with Crippen molar-refractivity contribution in [3.05, 3.63) is 236 Å². The molecule has 0 amide bonds. The number of nitrogens with one attached hydrogen (secondary N) is 4. The van der Waals surface area contributed by atoms with Crippen LogP contribution in [-0.4, -0.2) is 101 Å². The summed E-state index contributed by atoms with van der Waals surface area (Å²) in [5, 5.41) is 13.3. The quantitative estimate of drug-likeness (QED) is 0.0667. The Balaban J connectivity index is 0.000000125. The lowest BCUT2D eigenvalue weighted by molar-refractivity contribution is -0.113. The van der Waals surface area contributed by atoms with Gasteiger partial charge in [-0.3, -0.25) is 18.0 Å². The van der Waals surface area contributed by atoms with E-state index in [4.69, 9.17) is 32.3 Å². The maximum atomic E-state index is 14.6. The predicted molar refractivity (Wildman–Crippen MR) is 365 cm³/mol. The van der Waals surface area contributed by atoms with Crippen LogP contribution in [0.25, 0.3) is 54.5 Å². The molecule has 488 valence electrons. The lowest BCUT2D eigenvalue weighted by Gasteiger charge is -2.14. The summed E-state index contributed by atoms with van der Waals surface area (Å²) in [5.41, 5.74) is 15.1. The van der Waals surface area contributed by atoms with E-state index in [1.807, 2.05) is 41.9 Å². The number of aromatic nitrogens is 9. The van der Waals surface area contributed by atoms with Gasteiger partial charge in [0.05, 0.1) is 36.6 Å². The van der Waals surface area contributed by atoms with Crippen molar-refractivity contribution < 1.29 is 32.2 Å². The van der Waals surface area contributed by atoms with Crippen molar-refractivity contribution in [3.8, 4) is 39.5 Å². The van der Waals surface area contributed by atoms with Crippen molar-refractivity contribution >= 4 is 57.8 Å². The Hall–Kier alpha value is -11.4. The number of carbonyl (C=O) groups excluding carboxylic acids is 1. The molecule has 16 rings (SSSR count). The second kappa shape index (κ2) is 27.5. The number of carbonyl (C=O) groups is 1. The highest BCUT2D eigenvalue weighted by Crippen LogP contribution is 2.37. The van der Waals surface area contributed by atoms with Crippen molar-refractivity contribution in [2.75, 3.05) is 63.0 Å². The van der Waals surface area contributed by atoms with Gasteiger partial charge in [0.1, 0.15) is 40.3 Å². The van der Waals surface area contributed by atoms with Gasteiger partial charge in [0.15, 0.2) is 5.78 Å². The summed E-state index contributed by atoms with van der Waals surface area (Å²) in [4.78, 5) is 48.3. The molecule has 0 radical (unpaired) electrons. The highest BCUT2D eigenvalue weighted by molar-refractivity contribution is 6.03. The first-order valence-corrected chi connectivity index (χ1v) is 32.2. The van der Waals surface area contributed by atoms with Gasteiger partial charge >= 0.3 is 0 Å². The molecule has 1 aliphatic carbocycles. The fraction of sp³-hybridized carbons (Fsp3) is 0.257. The Morgan fingerprint density at radius 2 is 1.13 bits per heavy atom. The first-order chi connectivity index (χ1) is 47.3. The third-order valence-electron chi connectivity index (χ3n) is 17.9. The Morgan fingerprint density at radius 1 is 0.629 bits per heavy atom. The van der Waals surface area contributed by atoms with E-state index in [1.54, 1.807) is 63.9 Å². The number of fused-ring (bicyclic) bond motifs is 6. The molecule has 0 spiro atoms. The van der Waals surface area contributed by atoms with Crippen molar-refractivity contribution in [2.45, 2.75) is 77.5 Å². The third-order valence-corrected chi connectivity index (χ3v) is 17.9. The molecule has 5 aliphatic rings. The van der Waals surface area contributed by atoms with Gasteiger partial charge in [-0.25, -0.2) is 33.1 Å². The molecule has 4 aliphatic heterocycles. The van der Waals surface area contributed by atoms with Crippen LogP contribution in [0.2, 0.25) is 0 Å². The van der Waals surface area contributed by atoms with E-state index >= 15 is 0 Å². The van der Waals surface area contributed by atoms with Gasteiger partial charge in [-0.15, -0.1) is 0 Å². The second-order valence-electron chi connectivity index (χ2n) is 24.4. The van der Waals surface area contributed by atoms with E-state index in [1.165, 1.54) is 42.2 Å². The van der Waals surface area contributed by atoms with Crippen LogP contribution in [0.15, 0.2) is 140 Å². The van der Waals surface area contributed by atoms with Gasteiger partial charge in [0.2, 0.25) is 29.1 Å². The number of aryl methyl sites for hydroxylation is 1. The second-order valence-corrected chi connectivity index (χ2v) is 24.4. The number of hydrogen-bond donors (Lipinski definition) is 4. The first-order valence-electron chi connectivity index (χ1n) is 32.2. The summed E-state index contributed by atoms with van der Waals surface area (Å²) >= 11 is 0. The van der Waals surface area contributed by atoms with E-state index in [0.717, 1.165) is 87.7 Å². The smallest absolute Gasteiger partial charge is 0.288 e. The van der Waals surface area contributed by atoms with E-state index in [0.29, 0.717) is 114 Å². The van der Waals surface area contributed by atoms with Gasteiger partial charge in [-0.05, 0) is 117 Å². The summed E-state index contributed by atoms with van der Waals surface area (Å²) in [6, 6.07) is 26.8. The van der Waals surface area contributed by atoms with Crippen molar-refractivity contribution in [2.24, 2.45) is 0 Å². The zero-order valence-corrected chi connectivity index (χ0v) is 53.6. The molecular weight excluding hydrogens is 1230 g/mol. The Morgan fingerprint density at radius 3 is 1.64 bits per heavy atom. The largest absolute Gasteiger partial charge is 0.493 e. The van der Waals surface area contributed by atoms with Crippen LogP contribution in [-0.2, 0) is 50.1 Å². The maximum Gasteiger partial charge on any atom is 0.288 e. The van der Waals surface area contributed by atoms with Crippen molar-refractivity contribution in [1.82, 2.24) is 53.3 Å². The summed E-state index contributed by atoms with van der Waals surface area (Å²) in [7, 11) is 4.12. The van der Waals surface area contributed by atoms with Crippen LogP contribution in [0.3, 0.4) is 0 Å². The average molecular weight is 1300 g/mol. The molecule has 0 saturated carbocycles. The van der Waals surface area contributed by atoms with Crippen LogP contribution in [0.1, 0.15) is 81.1 Å². The standard InChI is InChI=1S/C26H25FN6O.C26H26FN5O.C22H16FN5O2/c1-28-24-16-33-25(31-24)20(18-6-4-5-17(13-18)9-11-32(2)3)14-29-26(33)30-15-21-19-10-12-34-23(19)8-7-22(21)27;1-16-15-32-25(31-16)20(17-4-6-18(7-5-17)23-3-2-11-28-23)13-29-26(32)30-14-21-19-10-12-33-24(19)9-8-22(21)27;1-24-20-12-28-21(27-20)16(13-3-2-4-14(29)9-13)10-25-22(28)26-11-17-15-7-8-30-19(15)6-5-18(17)23/h4-8,13-14,16H,9-12,15H2,2-3H3,(H,29,30);4-9,13,15,23,28H,2-3,10-12,14H2,1H3,(H,29,30);2-3,5-6,9-10,12H,4,7-8,11H2,(H,25,26)/t;23-;/m.0./s1. The normalized spacial score (nSPS) is 14.9. The maximum absolute atomic E-state index is 14.6. The highest BCUT2D eigenvalue weighted by Gasteiger charge is 2.26. The number of anilines is 3. The van der Waals surface area contributed by atoms with E-state index < -0.39 is 0 Å². The topological polar surface area (TPSA) is 195 Å². The Bertz CT molecular complexity index is 5020. The summed E-state index contributed by atoms with van der Waals surface area (Å²) in [5.74, 6) is 3.47. The molecule has 1 saturated heterocycles. The molecule has 5 aromatic carbocycles. The minimum absolute atomic E-state index is 0.000405. The number of halogens is 3. The zero-order valence-electron chi connectivity index (χ0n) is 53.6. The van der Waals surface area contributed by atoms with Crippen molar-refractivity contribution in [1.29, 1.82) is 0 Å². The number of ketones is 1. The number of rotatable bonds is 16. The van der Waals surface area contributed by atoms with E-state index in [9.17, 15) is 18.0 Å². The van der Waals surface area contributed by atoms with Crippen molar-refractivity contribution in [3.63, 3.8) is 0 Å². The molecule has 6 aromatic heterocycles. The van der Waals surface area contributed by atoms with E-state index in [-0.39, 0.29) is 48.0 Å². The molecule has 97 heavy (non-hydrogen) atoms. The fourth-order valence-corrected chi connectivity index (χ4v) is 13.0. The van der Waals surface area contributed by atoms with Gasteiger partial charge in [-0.2, -0.15) is 0 Å².